The largest absolute Gasteiger partial charge is 0.491 e. The SMILES string of the molecule is Cc1cc(-c2ccc(N)cc2)ccc1OC(C)C. The third-order valence-electron chi connectivity index (χ3n) is 2.78. The second-order valence-corrected chi connectivity index (χ2v) is 4.77. The molecule has 2 N–H and O–H groups in total. The Morgan fingerprint density at radius 2 is 1.56 bits per heavy atom. The molecule has 2 rings (SSSR count). The van der Waals surface area contributed by atoms with Crippen molar-refractivity contribution in [3.63, 3.8) is 0 Å². The Kier molecular flexibility index (Phi) is 3.56. The molecule has 0 aliphatic rings. The van der Waals surface area contributed by atoms with E-state index in [-0.39, 0.29) is 6.10 Å². The summed E-state index contributed by atoms with van der Waals surface area (Å²) in [5.74, 6) is 0.948. The minimum absolute atomic E-state index is 0.200. The topological polar surface area (TPSA) is 35.2 Å². The molecule has 2 aromatic carbocycles. The van der Waals surface area contributed by atoms with E-state index in [0.29, 0.717) is 0 Å². The number of aryl methyl sites for hydroxylation is 1. The highest BCUT2D eigenvalue weighted by molar-refractivity contribution is 5.67. The predicted octanol–water partition coefficient (Wildman–Crippen LogP) is 4.03. The molecule has 0 fully saturated rings. The van der Waals surface area contributed by atoms with Crippen molar-refractivity contribution in [3.05, 3.63) is 48.0 Å². The molecule has 0 unspecified atom stereocenters. The Hall–Kier alpha value is -1.96. The lowest BCUT2D eigenvalue weighted by molar-refractivity contribution is 0.241. The van der Waals surface area contributed by atoms with Gasteiger partial charge in [-0.15, -0.1) is 0 Å². The number of hydrogen-bond acceptors (Lipinski definition) is 2. The van der Waals surface area contributed by atoms with Crippen molar-refractivity contribution in [2.45, 2.75) is 26.9 Å². The fourth-order valence-corrected chi connectivity index (χ4v) is 1.89. The lowest BCUT2D eigenvalue weighted by Crippen LogP contribution is -2.06. The highest BCUT2D eigenvalue weighted by Crippen LogP contribution is 2.27. The van der Waals surface area contributed by atoms with Crippen LogP contribution in [0.4, 0.5) is 5.69 Å². The molecular formula is C16H19NO. The van der Waals surface area contributed by atoms with E-state index in [1.807, 2.05) is 44.2 Å². The van der Waals surface area contributed by atoms with Gasteiger partial charge in [-0.2, -0.15) is 0 Å². The monoisotopic (exact) mass is 241 g/mol. The summed E-state index contributed by atoms with van der Waals surface area (Å²) < 4.78 is 5.73. The summed E-state index contributed by atoms with van der Waals surface area (Å²) in [7, 11) is 0. The lowest BCUT2D eigenvalue weighted by Gasteiger charge is -2.13. The zero-order valence-corrected chi connectivity index (χ0v) is 11.1. The van der Waals surface area contributed by atoms with Crippen LogP contribution in [-0.4, -0.2) is 6.10 Å². The Morgan fingerprint density at radius 3 is 2.11 bits per heavy atom. The molecule has 0 spiro atoms. The van der Waals surface area contributed by atoms with Crippen molar-refractivity contribution in [1.29, 1.82) is 0 Å². The van der Waals surface area contributed by atoms with Crippen LogP contribution in [0.2, 0.25) is 0 Å². The van der Waals surface area contributed by atoms with Gasteiger partial charge in [-0.1, -0.05) is 18.2 Å². The molecule has 2 nitrogen and oxygen atoms in total. The number of benzene rings is 2. The zero-order valence-electron chi connectivity index (χ0n) is 11.1. The summed E-state index contributed by atoms with van der Waals surface area (Å²) in [5, 5.41) is 0. The highest BCUT2D eigenvalue weighted by atomic mass is 16.5. The van der Waals surface area contributed by atoms with Crippen LogP contribution in [-0.2, 0) is 0 Å². The Bertz CT molecular complexity index is 529. The molecule has 2 heteroatoms. The molecule has 0 aliphatic heterocycles. The van der Waals surface area contributed by atoms with Crippen molar-refractivity contribution >= 4 is 5.69 Å². The lowest BCUT2D eigenvalue weighted by atomic mass is 10.0. The molecule has 0 aliphatic carbocycles. The Morgan fingerprint density at radius 1 is 0.944 bits per heavy atom. The number of nitrogen functional groups attached to an aromatic ring is 1. The normalized spacial score (nSPS) is 10.7. The summed E-state index contributed by atoms with van der Waals surface area (Å²) in [6.07, 6.45) is 0.200. The first-order chi connectivity index (χ1) is 8.56. The van der Waals surface area contributed by atoms with Crippen molar-refractivity contribution in [2.24, 2.45) is 0 Å². The van der Waals surface area contributed by atoms with E-state index < -0.39 is 0 Å². The van der Waals surface area contributed by atoms with Crippen LogP contribution in [0.25, 0.3) is 11.1 Å². The molecule has 94 valence electrons. The second-order valence-electron chi connectivity index (χ2n) is 4.77. The van der Waals surface area contributed by atoms with Crippen LogP contribution in [0.3, 0.4) is 0 Å². The second kappa shape index (κ2) is 5.13. The molecule has 18 heavy (non-hydrogen) atoms. The van der Waals surface area contributed by atoms with Crippen LogP contribution in [0.15, 0.2) is 42.5 Å². The van der Waals surface area contributed by atoms with Crippen molar-refractivity contribution in [2.75, 3.05) is 5.73 Å². The highest BCUT2D eigenvalue weighted by Gasteiger charge is 2.04. The van der Waals surface area contributed by atoms with Gasteiger partial charge in [-0.25, -0.2) is 0 Å². The molecule has 0 saturated heterocycles. The van der Waals surface area contributed by atoms with Gasteiger partial charge in [0, 0.05) is 5.69 Å². The molecule has 0 amide bonds. The van der Waals surface area contributed by atoms with Gasteiger partial charge in [0.05, 0.1) is 6.10 Å². The first-order valence-electron chi connectivity index (χ1n) is 6.19. The molecule has 0 atom stereocenters. The summed E-state index contributed by atoms with van der Waals surface area (Å²) in [4.78, 5) is 0. The average Bonchev–Trinajstić information content (AvgIpc) is 2.32. The van der Waals surface area contributed by atoms with Gasteiger partial charge in [0.15, 0.2) is 0 Å². The van der Waals surface area contributed by atoms with E-state index >= 15 is 0 Å². The van der Waals surface area contributed by atoms with Crippen molar-refractivity contribution in [3.8, 4) is 16.9 Å². The van der Waals surface area contributed by atoms with Gasteiger partial charge in [0.1, 0.15) is 5.75 Å². The standard InChI is InChI=1S/C16H19NO/c1-11(2)18-16-9-6-14(10-12(16)3)13-4-7-15(17)8-5-13/h4-11H,17H2,1-3H3. The van der Waals surface area contributed by atoms with Gasteiger partial charge < -0.3 is 10.5 Å². The van der Waals surface area contributed by atoms with Gasteiger partial charge in [0.2, 0.25) is 0 Å². The molecule has 2 aromatic rings. The van der Waals surface area contributed by atoms with Crippen LogP contribution < -0.4 is 10.5 Å². The molecule has 0 aromatic heterocycles. The van der Waals surface area contributed by atoms with Crippen LogP contribution in [0.1, 0.15) is 19.4 Å². The third kappa shape index (κ3) is 2.83. The molecule has 0 saturated carbocycles. The number of hydrogen-bond donors (Lipinski definition) is 1. The van der Waals surface area contributed by atoms with Crippen molar-refractivity contribution in [1.82, 2.24) is 0 Å². The van der Waals surface area contributed by atoms with Gasteiger partial charge in [-0.05, 0) is 61.7 Å². The van der Waals surface area contributed by atoms with E-state index in [0.717, 1.165) is 17.0 Å². The number of anilines is 1. The van der Waals surface area contributed by atoms with E-state index in [9.17, 15) is 0 Å². The average molecular weight is 241 g/mol. The first-order valence-corrected chi connectivity index (χ1v) is 6.19. The Balaban J connectivity index is 2.31. The zero-order chi connectivity index (χ0) is 13.1. The van der Waals surface area contributed by atoms with Gasteiger partial charge in [0.25, 0.3) is 0 Å². The number of nitrogens with two attached hydrogens (primary N) is 1. The maximum Gasteiger partial charge on any atom is 0.122 e. The number of ether oxygens (including phenoxy) is 1. The maximum atomic E-state index is 5.73. The first kappa shape index (κ1) is 12.5. The predicted molar refractivity (Wildman–Crippen MR) is 76.8 cm³/mol. The van der Waals surface area contributed by atoms with E-state index in [4.69, 9.17) is 10.5 Å². The fraction of sp³-hybridized carbons (Fsp3) is 0.250. The smallest absolute Gasteiger partial charge is 0.122 e. The molecular weight excluding hydrogens is 222 g/mol. The third-order valence-corrected chi connectivity index (χ3v) is 2.78. The summed E-state index contributed by atoms with van der Waals surface area (Å²) in [6, 6.07) is 14.2. The van der Waals surface area contributed by atoms with Crippen LogP contribution >= 0.6 is 0 Å². The maximum absolute atomic E-state index is 5.73. The number of rotatable bonds is 3. The summed E-state index contributed by atoms with van der Waals surface area (Å²) >= 11 is 0. The molecule has 0 heterocycles. The molecule has 0 radical (unpaired) electrons. The van der Waals surface area contributed by atoms with E-state index in [1.54, 1.807) is 0 Å². The fourth-order valence-electron chi connectivity index (χ4n) is 1.89. The minimum atomic E-state index is 0.200. The van der Waals surface area contributed by atoms with E-state index in [2.05, 4.69) is 19.1 Å². The van der Waals surface area contributed by atoms with Gasteiger partial charge >= 0.3 is 0 Å². The minimum Gasteiger partial charge on any atom is -0.491 e. The Labute approximate surface area is 108 Å². The quantitative estimate of drug-likeness (QED) is 0.823. The van der Waals surface area contributed by atoms with Gasteiger partial charge in [-0.3, -0.25) is 0 Å². The molecule has 0 bridgehead atoms. The van der Waals surface area contributed by atoms with E-state index in [1.165, 1.54) is 11.1 Å². The summed E-state index contributed by atoms with van der Waals surface area (Å²) in [6.45, 7) is 6.14. The summed E-state index contributed by atoms with van der Waals surface area (Å²) in [5.41, 5.74) is 9.99. The van der Waals surface area contributed by atoms with Crippen LogP contribution in [0.5, 0.6) is 5.75 Å². The van der Waals surface area contributed by atoms with Crippen LogP contribution in [0, 0.1) is 6.92 Å². The van der Waals surface area contributed by atoms with Crippen molar-refractivity contribution < 1.29 is 4.74 Å².